The molecule has 2 rings (SSSR count). The van der Waals surface area contributed by atoms with Crippen LogP contribution in [0.2, 0.25) is 5.02 Å². The van der Waals surface area contributed by atoms with Gasteiger partial charge in [0, 0.05) is 5.02 Å². The van der Waals surface area contributed by atoms with Gasteiger partial charge in [-0.2, -0.15) is 0 Å². The molecule has 1 heterocycles. The van der Waals surface area contributed by atoms with Crippen molar-refractivity contribution in [3.63, 3.8) is 0 Å². The molecule has 1 N–H and O–H groups in total. The van der Waals surface area contributed by atoms with Crippen LogP contribution < -0.4 is 10.1 Å². The molecule has 2 amide bonds. The molecule has 0 atom stereocenters. The molecule has 4 nitrogen and oxygen atoms in total. The van der Waals surface area contributed by atoms with Crippen LogP contribution in [-0.2, 0) is 0 Å². The first-order valence-corrected chi connectivity index (χ1v) is 5.95. The number of benzene rings is 1. The van der Waals surface area contributed by atoms with Gasteiger partial charge >= 0.3 is 6.03 Å². The maximum atomic E-state index is 11.5. The number of carbonyl (C=O) groups is 1. The zero-order chi connectivity index (χ0) is 13.0. The quantitative estimate of drug-likeness (QED) is 0.845. The number of likely N-dealkylation sites (tertiary alicyclic amines) is 1. The number of nitrogens with zero attached hydrogens (tertiary/aromatic N) is 1. The summed E-state index contributed by atoms with van der Waals surface area (Å²) in [5.74, 6) is 3.11. The van der Waals surface area contributed by atoms with Crippen LogP contribution in [0.4, 0.5) is 4.79 Å². The minimum atomic E-state index is -0.149. The van der Waals surface area contributed by atoms with E-state index in [1.54, 1.807) is 17.0 Å². The van der Waals surface area contributed by atoms with Crippen LogP contribution in [0, 0.1) is 12.3 Å². The van der Waals surface area contributed by atoms with E-state index in [0.717, 1.165) is 5.75 Å². The highest BCUT2D eigenvalue weighted by molar-refractivity contribution is 6.30. The average Bonchev–Trinajstić information content (AvgIpc) is 2.32. The largest absolute Gasteiger partial charge is 0.487 e. The minimum absolute atomic E-state index is 0.0303. The summed E-state index contributed by atoms with van der Waals surface area (Å²) < 4.78 is 5.67. The fraction of sp³-hybridized carbons (Fsp3) is 0.308. The summed E-state index contributed by atoms with van der Waals surface area (Å²) in [6, 6.07) is 7.01. The molecule has 1 saturated heterocycles. The molecule has 0 aliphatic carbocycles. The van der Waals surface area contributed by atoms with E-state index in [1.165, 1.54) is 0 Å². The number of terminal acetylenes is 1. The first-order valence-electron chi connectivity index (χ1n) is 5.57. The van der Waals surface area contributed by atoms with Crippen molar-refractivity contribution in [2.75, 3.05) is 19.6 Å². The number of nitrogens with one attached hydrogen (secondary N) is 1. The highest BCUT2D eigenvalue weighted by Gasteiger charge is 2.31. The Balaban J connectivity index is 1.75. The second-order valence-electron chi connectivity index (χ2n) is 3.96. The molecule has 1 aliphatic heterocycles. The van der Waals surface area contributed by atoms with E-state index in [4.69, 9.17) is 22.8 Å². The Labute approximate surface area is 111 Å². The van der Waals surface area contributed by atoms with E-state index in [0.29, 0.717) is 18.1 Å². The Morgan fingerprint density at radius 1 is 1.50 bits per heavy atom. The first kappa shape index (κ1) is 12.6. The summed E-state index contributed by atoms with van der Waals surface area (Å²) in [4.78, 5) is 13.1. The zero-order valence-electron chi connectivity index (χ0n) is 9.73. The molecule has 0 spiro atoms. The van der Waals surface area contributed by atoms with E-state index in [-0.39, 0.29) is 18.7 Å². The molecule has 1 aromatic rings. The highest BCUT2D eigenvalue weighted by atomic mass is 35.5. The van der Waals surface area contributed by atoms with E-state index >= 15 is 0 Å². The third-order valence-corrected chi connectivity index (χ3v) is 2.85. The van der Waals surface area contributed by atoms with Crippen molar-refractivity contribution in [2.24, 2.45) is 0 Å². The van der Waals surface area contributed by atoms with E-state index in [1.807, 2.05) is 12.1 Å². The second-order valence-corrected chi connectivity index (χ2v) is 4.40. The lowest BCUT2D eigenvalue weighted by Crippen LogP contribution is -2.58. The number of hydrogen-bond donors (Lipinski definition) is 1. The van der Waals surface area contributed by atoms with Gasteiger partial charge in [0.1, 0.15) is 11.9 Å². The van der Waals surface area contributed by atoms with Gasteiger partial charge in [-0.3, -0.25) is 0 Å². The van der Waals surface area contributed by atoms with Crippen LogP contribution in [0.1, 0.15) is 0 Å². The molecule has 5 heteroatoms. The number of ether oxygens (including phenoxy) is 1. The topological polar surface area (TPSA) is 41.6 Å². The lowest BCUT2D eigenvalue weighted by molar-refractivity contribution is 0.0448. The van der Waals surface area contributed by atoms with Crippen molar-refractivity contribution in [2.45, 2.75) is 6.10 Å². The monoisotopic (exact) mass is 264 g/mol. The summed E-state index contributed by atoms with van der Waals surface area (Å²) in [7, 11) is 0. The van der Waals surface area contributed by atoms with E-state index in [9.17, 15) is 4.79 Å². The minimum Gasteiger partial charge on any atom is -0.487 e. The Morgan fingerprint density at radius 3 is 2.78 bits per heavy atom. The van der Waals surface area contributed by atoms with Gasteiger partial charge in [-0.1, -0.05) is 17.5 Å². The van der Waals surface area contributed by atoms with Crippen molar-refractivity contribution >= 4 is 17.6 Å². The summed E-state index contributed by atoms with van der Waals surface area (Å²) >= 11 is 5.78. The van der Waals surface area contributed by atoms with Gasteiger partial charge in [0.25, 0.3) is 0 Å². The lowest BCUT2D eigenvalue weighted by atomic mass is 10.2. The Bertz CT molecular complexity index is 461. The smallest absolute Gasteiger partial charge is 0.318 e. The predicted octanol–water partition coefficient (Wildman–Crippen LogP) is 1.75. The number of rotatable bonds is 3. The summed E-state index contributed by atoms with van der Waals surface area (Å²) in [6.07, 6.45) is 5.09. The Hall–Kier alpha value is -1.86. The molecule has 94 valence electrons. The Kier molecular flexibility index (Phi) is 3.96. The fourth-order valence-electron chi connectivity index (χ4n) is 1.62. The molecule has 1 aliphatic rings. The number of hydrogen-bond acceptors (Lipinski definition) is 2. The summed E-state index contributed by atoms with van der Waals surface area (Å²) in [6.45, 7) is 1.39. The number of amides is 2. The predicted molar refractivity (Wildman–Crippen MR) is 69.7 cm³/mol. The van der Waals surface area contributed by atoms with Gasteiger partial charge in [0.05, 0.1) is 19.6 Å². The summed E-state index contributed by atoms with van der Waals surface area (Å²) in [5.41, 5.74) is 0. The van der Waals surface area contributed by atoms with Gasteiger partial charge in [0.2, 0.25) is 0 Å². The standard InChI is InChI=1S/C13H13ClN2O2/c1-2-7-15-13(17)16-8-12(9-16)18-11-5-3-10(14)4-6-11/h1,3-6,12H,7-9H2,(H,15,17). The second kappa shape index (κ2) is 5.65. The highest BCUT2D eigenvalue weighted by Crippen LogP contribution is 2.20. The normalized spacial score (nSPS) is 14.6. The number of urea groups is 1. The van der Waals surface area contributed by atoms with Crippen molar-refractivity contribution in [3.8, 4) is 18.1 Å². The molecule has 0 unspecified atom stereocenters. The van der Waals surface area contributed by atoms with E-state index in [2.05, 4.69) is 11.2 Å². The molecule has 0 saturated carbocycles. The van der Waals surface area contributed by atoms with Gasteiger partial charge in [0.15, 0.2) is 0 Å². The van der Waals surface area contributed by atoms with Crippen LogP contribution in [0.5, 0.6) is 5.75 Å². The molecule has 0 aromatic heterocycles. The van der Waals surface area contributed by atoms with Crippen molar-refractivity contribution in [1.82, 2.24) is 10.2 Å². The average molecular weight is 265 g/mol. The fourth-order valence-corrected chi connectivity index (χ4v) is 1.75. The molecule has 1 aromatic carbocycles. The van der Waals surface area contributed by atoms with Crippen LogP contribution in [-0.4, -0.2) is 36.7 Å². The molecule has 0 radical (unpaired) electrons. The third kappa shape index (κ3) is 3.08. The maximum Gasteiger partial charge on any atom is 0.318 e. The third-order valence-electron chi connectivity index (χ3n) is 2.59. The molecular formula is C13H13ClN2O2. The number of carbonyl (C=O) groups excluding carboxylic acids is 1. The van der Waals surface area contributed by atoms with Crippen LogP contribution in [0.3, 0.4) is 0 Å². The SMILES string of the molecule is C#CCNC(=O)N1CC(Oc2ccc(Cl)cc2)C1. The van der Waals surface area contributed by atoms with Gasteiger partial charge in [-0.15, -0.1) is 6.42 Å². The Morgan fingerprint density at radius 2 is 2.17 bits per heavy atom. The zero-order valence-corrected chi connectivity index (χ0v) is 10.5. The van der Waals surface area contributed by atoms with Gasteiger partial charge in [-0.05, 0) is 24.3 Å². The number of halogens is 1. The van der Waals surface area contributed by atoms with Crippen molar-refractivity contribution in [1.29, 1.82) is 0 Å². The van der Waals surface area contributed by atoms with Crippen molar-refractivity contribution in [3.05, 3.63) is 29.3 Å². The molecule has 1 fully saturated rings. The van der Waals surface area contributed by atoms with Crippen LogP contribution >= 0.6 is 11.6 Å². The van der Waals surface area contributed by atoms with Crippen LogP contribution in [0.25, 0.3) is 0 Å². The summed E-state index contributed by atoms with van der Waals surface area (Å²) in [5, 5.41) is 3.28. The first-order chi connectivity index (χ1) is 8.69. The van der Waals surface area contributed by atoms with E-state index < -0.39 is 0 Å². The van der Waals surface area contributed by atoms with Gasteiger partial charge in [-0.25, -0.2) is 4.79 Å². The molecule has 18 heavy (non-hydrogen) atoms. The van der Waals surface area contributed by atoms with Crippen molar-refractivity contribution < 1.29 is 9.53 Å². The van der Waals surface area contributed by atoms with Gasteiger partial charge < -0.3 is 15.0 Å². The molecule has 0 bridgehead atoms. The van der Waals surface area contributed by atoms with Crippen LogP contribution in [0.15, 0.2) is 24.3 Å². The molecular weight excluding hydrogens is 252 g/mol. The lowest BCUT2D eigenvalue weighted by Gasteiger charge is -2.38. The maximum absolute atomic E-state index is 11.5.